The summed E-state index contributed by atoms with van der Waals surface area (Å²) in [5.74, 6) is -0.118. The molecule has 2 aromatic heterocycles. The fraction of sp³-hybridized carbons (Fsp3) is 0.500. The topological polar surface area (TPSA) is 97.0 Å². The second-order valence-corrected chi connectivity index (χ2v) is 7.12. The lowest BCUT2D eigenvalue weighted by Gasteiger charge is -2.31. The average Bonchev–Trinajstić information content (AvgIpc) is 2.98. The number of nitrogens with one attached hydrogen (secondary N) is 1. The van der Waals surface area contributed by atoms with Crippen LogP contribution in [-0.4, -0.2) is 51.0 Å². The van der Waals surface area contributed by atoms with Crippen molar-refractivity contribution in [3.63, 3.8) is 0 Å². The molecule has 0 saturated carbocycles. The minimum Gasteiger partial charge on any atom is -0.396 e. The molecule has 1 fully saturated rings. The van der Waals surface area contributed by atoms with E-state index in [9.17, 15) is 18.0 Å². The predicted octanol–water partition coefficient (Wildman–Crippen LogP) is 2.82. The summed E-state index contributed by atoms with van der Waals surface area (Å²) in [6.07, 6.45) is -1.56. The van der Waals surface area contributed by atoms with Gasteiger partial charge in [-0.2, -0.15) is 17.5 Å². The van der Waals surface area contributed by atoms with E-state index in [1.54, 1.807) is 17.9 Å². The van der Waals surface area contributed by atoms with E-state index in [-0.39, 0.29) is 17.8 Å². The smallest absolute Gasteiger partial charge is 0.396 e. The Balaban J connectivity index is 1.60. The van der Waals surface area contributed by atoms with Crippen molar-refractivity contribution in [3.05, 3.63) is 28.5 Å². The molecule has 1 aliphatic heterocycles. The Kier molecular flexibility index (Phi) is 5.49. The number of aryl methyl sites for hydroxylation is 1. The van der Waals surface area contributed by atoms with Gasteiger partial charge in [-0.05, 0) is 37.4 Å². The minimum absolute atomic E-state index is 0.0451. The number of carbonyl (C=O) groups excluding carboxylic acids is 1. The molecule has 11 heteroatoms. The number of hydrogen-bond donors (Lipinski definition) is 2. The number of hydrogen-bond acceptors (Lipinski definition) is 7. The zero-order chi connectivity index (χ0) is 19.6. The maximum absolute atomic E-state index is 12.6. The molecule has 0 bridgehead atoms. The molecule has 2 aromatic rings. The van der Waals surface area contributed by atoms with Gasteiger partial charge in [0, 0.05) is 30.9 Å². The Morgan fingerprint density at radius 3 is 2.70 bits per heavy atom. The number of carbonyl (C=O) groups is 1. The van der Waals surface area contributed by atoms with Crippen molar-refractivity contribution in [1.82, 2.24) is 19.2 Å². The third-order valence-corrected chi connectivity index (χ3v) is 5.37. The lowest BCUT2D eigenvalue weighted by Crippen LogP contribution is -2.38. The van der Waals surface area contributed by atoms with Gasteiger partial charge in [-0.1, -0.05) is 0 Å². The Hall–Kier alpha value is -2.43. The van der Waals surface area contributed by atoms with Crippen LogP contribution in [0.4, 0.5) is 24.8 Å². The van der Waals surface area contributed by atoms with Gasteiger partial charge in [0.25, 0.3) is 5.91 Å². The minimum atomic E-state index is -4.33. The summed E-state index contributed by atoms with van der Waals surface area (Å²) in [6.45, 7) is 1.62. The zero-order valence-electron chi connectivity index (χ0n) is 14.6. The maximum atomic E-state index is 12.6. The molecule has 3 rings (SSSR count). The molecule has 1 aliphatic rings. The molecular formula is C16H19F3N6OS. The summed E-state index contributed by atoms with van der Waals surface area (Å²) in [7, 11) is 0. The Morgan fingerprint density at radius 1 is 1.41 bits per heavy atom. The van der Waals surface area contributed by atoms with Gasteiger partial charge >= 0.3 is 6.18 Å². The molecule has 1 amide bonds. The lowest BCUT2D eigenvalue weighted by atomic mass is 9.93. The summed E-state index contributed by atoms with van der Waals surface area (Å²) < 4.78 is 41.1. The van der Waals surface area contributed by atoms with E-state index in [1.165, 1.54) is 6.20 Å². The largest absolute Gasteiger partial charge is 0.405 e. The molecule has 0 atom stereocenters. The van der Waals surface area contributed by atoms with Gasteiger partial charge in [-0.15, -0.1) is 0 Å². The number of rotatable bonds is 4. The second-order valence-electron chi connectivity index (χ2n) is 6.35. The summed E-state index contributed by atoms with van der Waals surface area (Å²) in [5.41, 5.74) is 7.65. The predicted molar refractivity (Wildman–Crippen MR) is 95.7 cm³/mol. The number of alkyl halides is 3. The summed E-state index contributed by atoms with van der Waals surface area (Å²) in [5, 5.41) is 2.19. The van der Waals surface area contributed by atoms with Gasteiger partial charge in [0.05, 0.1) is 11.4 Å². The highest BCUT2D eigenvalue weighted by molar-refractivity contribution is 7.08. The first-order valence-corrected chi connectivity index (χ1v) is 9.16. The van der Waals surface area contributed by atoms with E-state index in [0.717, 1.165) is 11.5 Å². The first-order chi connectivity index (χ1) is 12.7. The van der Waals surface area contributed by atoms with Gasteiger partial charge < -0.3 is 16.0 Å². The standard InChI is InChI=1S/C16H19F3N6OS/c1-9-12(20)13(27-24-9)14(26)25-6-3-10(4-7-25)11-2-5-21-15(23-11)22-8-16(17,18)19/h2,5,10H,3-4,6-8,20H2,1H3,(H,21,22,23). The SMILES string of the molecule is Cc1nsc(C(=O)N2CCC(c3ccnc(NCC(F)(F)F)n3)CC2)c1N. The number of nitrogen functional groups attached to an aromatic ring is 1. The van der Waals surface area contributed by atoms with Crippen LogP contribution in [0, 0.1) is 6.92 Å². The fourth-order valence-electron chi connectivity index (χ4n) is 2.92. The molecule has 27 heavy (non-hydrogen) atoms. The van der Waals surface area contributed by atoms with Crippen molar-refractivity contribution in [3.8, 4) is 0 Å². The summed E-state index contributed by atoms with van der Waals surface area (Å²) >= 11 is 1.10. The highest BCUT2D eigenvalue weighted by Crippen LogP contribution is 2.30. The van der Waals surface area contributed by atoms with Crippen LogP contribution >= 0.6 is 11.5 Å². The van der Waals surface area contributed by atoms with Crippen molar-refractivity contribution in [2.75, 3.05) is 30.7 Å². The maximum Gasteiger partial charge on any atom is 0.405 e. The molecule has 3 N–H and O–H groups in total. The van der Waals surface area contributed by atoms with Crippen molar-refractivity contribution in [2.45, 2.75) is 31.9 Å². The number of halogens is 3. The molecule has 3 heterocycles. The van der Waals surface area contributed by atoms with E-state index in [0.29, 0.717) is 47.9 Å². The molecule has 7 nitrogen and oxygen atoms in total. The molecule has 0 spiro atoms. The van der Waals surface area contributed by atoms with E-state index >= 15 is 0 Å². The van der Waals surface area contributed by atoms with Crippen LogP contribution in [0.1, 0.15) is 39.8 Å². The normalized spacial score (nSPS) is 15.8. The molecular weight excluding hydrogens is 381 g/mol. The quantitative estimate of drug-likeness (QED) is 0.819. The number of nitrogens with two attached hydrogens (primary N) is 1. The van der Waals surface area contributed by atoms with Crippen molar-refractivity contribution >= 4 is 29.1 Å². The molecule has 1 saturated heterocycles. The van der Waals surface area contributed by atoms with E-state index < -0.39 is 12.7 Å². The number of anilines is 2. The first-order valence-electron chi connectivity index (χ1n) is 8.39. The molecule has 0 unspecified atom stereocenters. The number of aromatic nitrogens is 3. The Morgan fingerprint density at radius 2 is 2.11 bits per heavy atom. The van der Waals surface area contributed by atoms with E-state index in [1.807, 2.05) is 0 Å². The summed E-state index contributed by atoms with van der Waals surface area (Å²) in [4.78, 5) is 22.8. The lowest BCUT2D eigenvalue weighted by molar-refractivity contribution is -0.115. The van der Waals surface area contributed by atoms with Crippen LogP contribution in [0.15, 0.2) is 12.3 Å². The fourth-order valence-corrected chi connectivity index (χ4v) is 3.70. The van der Waals surface area contributed by atoms with Gasteiger partial charge in [-0.3, -0.25) is 4.79 Å². The van der Waals surface area contributed by atoms with Crippen molar-refractivity contribution < 1.29 is 18.0 Å². The van der Waals surface area contributed by atoms with Crippen LogP contribution < -0.4 is 11.1 Å². The summed E-state index contributed by atoms with van der Waals surface area (Å²) in [6, 6.07) is 1.70. The van der Waals surface area contributed by atoms with Crippen LogP contribution in [0.2, 0.25) is 0 Å². The molecule has 0 aromatic carbocycles. The van der Waals surface area contributed by atoms with E-state index in [2.05, 4.69) is 19.7 Å². The van der Waals surface area contributed by atoms with Gasteiger partial charge in [0.2, 0.25) is 5.95 Å². The van der Waals surface area contributed by atoms with Crippen LogP contribution in [0.25, 0.3) is 0 Å². The Bertz CT molecular complexity index is 817. The van der Waals surface area contributed by atoms with Crippen molar-refractivity contribution in [1.29, 1.82) is 0 Å². The molecule has 146 valence electrons. The van der Waals surface area contributed by atoms with Crippen molar-refractivity contribution in [2.24, 2.45) is 0 Å². The van der Waals surface area contributed by atoms with Crippen LogP contribution in [0.3, 0.4) is 0 Å². The monoisotopic (exact) mass is 400 g/mol. The number of piperidine rings is 1. The third kappa shape index (κ3) is 4.65. The highest BCUT2D eigenvalue weighted by Gasteiger charge is 2.29. The second kappa shape index (κ2) is 7.67. The average molecular weight is 400 g/mol. The number of nitrogens with zero attached hydrogens (tertiary/aromatic N) is 4. The zero-order valence-corrected chi connectivity index (χ0v) is 15.4. The van der Waals surface area contributed by atoms with E-state index in [4.69, 9.17) is 5.73 Å². The van der Waals surface area contributed by atoms with Crippen LogP contribution in [-0.2, 0) is 0 Å². The van der Waals surface area contributed by atoms with Gasteiger partial charge in [0.15, 0.2) is 0 Å². The highest BCUT2D eigenvalue weighted by atomic mass is 32.1. The molecule has 0 radical (unpaired) electrons. The van der Waals surface area contributed by atoms with Gasteiger partial charge in [0.1, 0.15) is 11.4 Å². The van der Waals surface area contributed by atoms with Crippen LogP contribution in [0.5, 0.6) is 0 Å². The first kappa shape index (κ1) is 19.3. The Labute approximate surface area is 158 Å². The van der Waals surface area contributed by atoms with Gasteiger partial charge in [-0.25, -0.2) is 9.97 Å². The number of amides is 1. The third-order valence-electron chi connectivity index (χ3n) is 4.43. The molecule has 0 aliphatic carbocycles. The number of likely N-dealkylation sites (tertiary alicyclic amines) is 1.